The second-order valence-corrected chi connectivity index (χ2v) is 5.77. The maximum Gasteiger partial charge on any atom is 0.159 e. The fraction of sp³-hybridized carbons (Fsp3) is 0.533. The number of ether oxygens (including phenoxy) is 1. The molecule has 0 N–H and O–H groups in total. The van der Waals surface area contributed by atoms with E-state index in [2.05, 4.69) is 15.9 Å². The van der Waals surface area contributed by atoms with Crippen molar-refractivity contribution in [1.82, 2.24) is 0 Å². The minimum absolute atomic E-state index is 0.0919. The molecule has 0 unspecified atom stereocenters. The molecular formula is C15H19BrO2. The molecule has 0 aromatic heterocycles. The summed E-state index contributed by atoms with van der Waals surface area (Å²) in [7, 11) is 0. The molecule has 1 saturated carbocycles. The van der Waals surface area contributed by atoms with E-state index in [-0.39, 0.29) is 5.78 Å². The predicted molar refractivity (Wildman–Crippen MR) is 76.6 cm³/mol. The summed E-state index contributed by atoms with van der Waals surface area (Å²) in [4.78, 5) is 11.2. The Balaban J connectivity index is 1.95. The summed E-state index contributed by atoms with van der Waals surface area (Å²) in [6.45, 7) is 2.34. The van der Waals surface area contributed by atoms with Gasteiger partial charge >= 0.3 is 0 Å². The molecule has 0 saturated heterocycles. The smallest absolute Gasteiger partial charge is 0.159 e. The van der Waals surface area contributed by atoms with Crippen LogP contribution < -0.4 is 4.74 Å². The van der Waals surface area contributed by atoms with Crippen LogP contribution in [0.4, 0.5) is 0 Å². The molecule has 0 amide bonds. The SMILES string of the molecule is CC(=O)c1ccc(OCC2(CBr)CCCC2)cc1. The summed E-state index contributed by atoms with van der Waals surface area (Å²) in [6, 6.07) is 7.42. The van der Waals surface area contributed by atoms with E-state index in [9.17, 15) is 4.79 Å². The summed E-state index contributed by atoms with van der Waals surface area (Å²) in [6.07, 6.45) is 5.09. The zero-order valence-electron chi connectivity index (χ0n) is 10.7. The number of ketones is 1. The van der Waals surface area contributed by atoms with Crippen LogP contribution in [-0.4, -0.2) is 17.7 Å². The van der Waals surface area contributed by atoms with Crippen molar-refractivity contribution >= 4 is 21.7 Å². The molecule has 0 aliphatic heterocycles. The molecule has 0 atom stereocenters. The maximum absolute atomic E-state index is 11.2. The van der Waals surface area contributed by atoms with Gasteiger partial charge in [0, 0.05) is 16.3 Å². The number of benzene rings is 1. The fourth-order valence-electron chi connectivity index (χ4n) is 2.46. The molecular weight excluding hydrogens is 292 g/mol. The number of hydrogen-bond acceptors (Lipinski definition) is 2. The standard InChI is InChI=1S/C15H19BrO2/c1-12(17)13-4-6-14(7-5-13)18-11-15(10-16)8-2-3-9-15/h4-7H,2-3,8-11H2,1H3. The normalized spacial score (nSPS) is 17.7. The van der Waals surface area contributed by atoms with Gasteiger partial charge in [0.05, 0.1) is 6.61 Å². The molecule has 1 aromatic carbocycles. The average molecular weight is 311 g/mol. The number of Topliss-reactive ketones (excluding diaryl/α,β-unsaturated/α-hetero) is 1. The zero-order chi connectivity index (χ0) is 13.0. The van der Waals surface area contributed by atoms with Crippen LogP contribution in [0, 0.1) is 5.41 Å². The summed E-state index contributed by atoms with van der Waals surface area (Å²) in [5, 5.41) is 1.01. The number of alkyl halides is 1. The second kappa shape index (κ2) is 5.87. The molecule has 18 heavy (non-hydrogen) atoms. The molecule has 0 bridgehead atoms. The van der Waals surface area contributed by atoms with E-state index in [0.717, 1.165) is 23.2 Å². The van der Waals surface area contributed by atoms with E-state index in [0.29, 0.717) is 5.41 Å². The molecule has 98 valence electrons. The molecule has 1 fully saturated rings. The van der Waals surface area contributed by atoms with E-state index in [4.69, 9.17) is 4.74 Å². The largest absolute Gasteiger partial charge is 0.493 e. The molecule has 2 rings (SSSR count). The van der Waals surface area contributed by atoms with Crippen molar-refractivity contribution in [2.75, 3.05) is 11.9 Å². The highest BCUT2D eigenvalue weighted by molar-refractivity contribution is 9.09. The van der Waals surface area contributed by atoms with Crippen LogP contribution in [0.5, 0.6) is 5.75 Å². The van der Waals surface area contributed by atoms with Crippen molar-refractivity contribution < 1.29 is 9.53 Å². The van der Waals surface area contributed by atoms with Crippen molar-refractivity contribution in [1.29, 1.82) is 0 Å². The Morgan fingerprint density at radius 3 is 2.39 bits per heavy atom. The Bertz CT molecular complexity index is 405. The van der Waals surface area contributed by atoms with Gasteiger partial charge in [-0.3, -0.25) is 4.79 Å². The topological polar surface area (TPSA) is 26.3 Å². The first-order valence-electron chi connectivity index (χ1n) is 6.45. The summed E-state index contributed by atoms with van der Waals surface area (Å²) in [5.41, 5.74) is 1.04. The Kier molecular flexibility index (Phi) is 4.44. The van der Waals surface area contributed by atoms with Crippen LogP contribution in [0.25, 0.3) is 0 Å². The fourth-order valence-corrected chi connectivity index (χ4v) is 3.19. The zero-order valence-corrected chi connectivity index (χ0v) is 12.3. The first-order valence-corrected chi connectivity index (χ1v) is 7.57. The van der Waals surface area contributed by atoms with Crippen LogP contribution in [0.15, 0.2) is 24.3 Å². The molecule has 3 heteroatoms. The van der Waals surface area contributed by atoms with Gasteiger partial charge in [-0.05, 0) is 44.0 Å². The highest BCUT2D eigenvalue weighted by Crippen LogP contribution is 2.39. The summed E-state index contributed by atoms with van der Waals surface area (Å²) >= 11 is 3.61. The lowest BCUT2D eigenvalue weighted by Crippen LogP contribution is -2.26. The number of rotatable bonds is 5. The molecule has 1 aromatic rings. The van der Waals surface area contributed by atoms with Crippen molar-refractivity contribution in [3.05, 3.63) is 29.8 Å². The van der Waals surface area contributed by atoms with Crippen molar-refractivity contribution in [3.8, 4) is 5.75 Å². The van der Waals surface area contributed by atoms with Gasteiger partial charge < -0.3 is 4.74 Å². The lowest BCUT2D eigenvalue weighted by atomic mass is 9.90. The van der Waals surface area contributed by atoms with Crippen LogP contribution in [0.1, 0.15) is 43.0 Å². The van der Waals surface area contributed by atoms with E-state index in [1.165, 1.54) is 25.7 Å². The number of halogens is 1. The quantitative estimate of drug-likeness (QED) is 0.601. The summed E-state index contributed by atoms with van der Waals surface area (Å²) < 4.78 is 5.88. The molecule has 1 aliphatic rings. The first-order chi connectivity index (χ1) is 8.65. The third-order valence-electron chi connectivity index (χ3n) is 3.75. The van der Waals surface area contributed by atoms with Gasteiger partial charge in [0.15, 0.2) is 5.78 Å². The summed E-state index contributed by atoms with van der Waals surface area (Å²) in [5.74, 6) is 0.946. The first kappa shape index (κ1) is 13.6. The molecule has 0 spiro atoms. The average Bonchev–Trinajstić information content (AvgIpc) is 2.86. The molecule has 1 aliphatic carbocycles. The third kappa shape index (κ3) is 3.14. The monoisotopic (exact) mass is 310 g/mol. The lowest BCUT2D eigenvalue weighted by molar-refractivity contribution is 0.101. The van der Waals surface area contributed by atoms with Gasteiger partial charge in [0.2, 0.25) is 0 Å². The van der Waals surface area contributed by atoms with Crippen LogP contribution in [-0.2, 0) is 0 Å². The third-order valence-corrected chi connectivity index (χ3v) is 4.94. The van der Waals surface area contributed by atoms with Crippen molar-refractivity contribution in [2.24, 2.45) is 5.41 Å². The van der Waals surface area contributed by atoms with Gasteiger partial charge in [-0.25, -0.2) is 0 Å². The van der Waals surface area contributed by atoms with Crippen LogP contribution >= 0.6 is 15.9 Å². The number of carbonyl (C=O) groups excluding carboxylic acids is 1. The van der Waals surface area contributed by atoms with E-state index >= 15 is 0 Å². The van der Waals surface area contributed by atoms with Gasteiger partial charge in [-0.2, -0.15) is 0 Å². The van der Waals surface area contributed by atoms with E-state index in [1.54, 1.807) is 6.92 Å². The van der Waals surface area contributed by atoms with E-state index in [1.807, 2.05) is 24.3 Å². The van der Waals surface area contributed by atoms with Gasteiger partial charge in [-0.15, -0.1) is 0 Å². The van der Waals surface area contributed by atoms with Crippen LogP contribution in [0.2, 0.25) is 0 Å². The Hall–Kier alpha value is -0.830. The Morgan fingerprint density at radius 2 is 1.89 bits per heavy atom. The molecule has 0 radical (unpaired) electrons. The lowest BCUT2D eigenvalue weighted by Gasteiger charge is -2.26. The highest BCUT2D eigenvalue weighted by Gasteiger charge is 2.33. The second-order valence-electron chi connectivity index (χ2n) is 5.21. The van der Waals surface area contributed by atoms with E-state index < -0.39 is 0 Å². The molecule has 2 nitrogen and oxygen atoms in total. The number of hydrogen-bond donors (Lipinski definition) is 0. The Labute approximate surface area is 117 Å². The Morgan fingerprint density at radius 1 is 1.28 bits per heavy atom. The maximum atomic E-state index is 11.2. The minimum atomic E-state index is 0.0919. The highest BCUT2D eigenvalue weighted by atomic mass is 79.9. The predicted octanol–water partition coefficient (Wildman–Crippen LogP) is 4.22. The van der Waals surface area contributed by atoms with Gasteiger partial charge in [-0.1, -0.05) is 28.8 Å². The van der Waals surface area contributed by atoms with Gasteiger partial charge in [0.1, 0.15) is 5.75 Å². The molecule has 0 heterocycles. The van der Waals surface area contributed by atoms with Crippen molar-refractivity contribution in [3.63, 3.8) is 0 Å². The van der Waals surface area contributed by atoms with Crippen molar-refractivity contribution in [2.45, 2.75) is 32.6 Å². The van der Waals surface area contributed by atoms with Crippen LogP contribution in [0.3, 0.4) is 0 Å². The number of carbonyl (C=O) groups is 1. The van der Waals surface area contributed by atoms with Gasteiger partial charge in [0.25, 0.3) is 0 Å². The minimum Gasteiger partial charge on any atom is -0.493 e.